The lowest BCUT2D eigenvalue weighted by molar-refractivity contribution is 0.0921. The summed E-state index contributed by atoms with van der Waals surface area (Å²) in [4.78, 5) is 12.6. The number of ketones is 1. The molecule has 4 heteroatoms. The van der Waals surface area contributed by atoms with Gasteiger partial charge in [-0.2, -0.15) is 0 Å². The molecule has 1 saturated carbocycles. The second kappa shape index (κ2) is 7.31. The number of Topliss-reactive ketones (excluding diaryl/α,β-unsaturated/α-hetero) is 1. The van der Waals surface area contributed by atoms with E-state index in [2.05, 4.69) is 11.5 Å². The van der Waals surface area contributed by atoms with Crippen LogP contribution < -0.4 is 9.47 Å². The van der Waals surface area contributed by atoms with Crippen LogP contribution in [0.25, 0.3) is 0 Å². The van der Waals surface area contributed by atoms with Crippen molar-refractivity contribution in [1.82, 2.24) is 4.57 Å². The first kappa shape index (κ1) is 17.4. The topological polar surface area (TPSA) is 40.5 Å². The van der Waals surface area contributed by atoms with E-state index in [4.69, 9.17) is 9.47 Å². The average Bonchev–Trinajstić information content (AvgIpc) is 3.46. The Kier molecular flexibility index (Phi) is 4.71. The zero-order valence-electron chi connectivity index (χ0n) is 15.6. The number of hydrogen-bond acceptors (Lipinski definition) is 3. The van der Waals surface area contributed by atoms with Crippen molar-refractivity contribution in [3.8, 4) is 17.2 Å². The molecular formula is C23H23NO3. The van der Waals surface area contributed by atoms with E-state index in [9.17, 15) is 4.79 Å². The van der Waals surface area contributed by atoms with Crippen LogP contribution in [0.5, 0.6) is 17.2 Å². The van der Waals surface area contributed by atoms with Crippen molar-refractivity contribution in [2.24, 2.45) is 0 Å². The van der Waals surface area contributed by atoms with Gasteiger partial charge >= 0.3 is 0 Å². The van der Waals surface area contributed by atoms with Crippen LogP contribution in [0.3, 0.4) is 0 Å². The number of benzene rings is 2. The first-order valence-corrected chi connectivity index (χ1v) is 9.29. The van der Waals surface area contributed by atoms with Crippen LogP contribution in [0.15, 0.2) is 60.7 Å². The van der Waals surface area contributed by atoms with Crippen LogP contribution in [0, 0.1) is 13.8 Å². The molecule has 0 atom stereocenters. The predicted molar refractivity (Wildman–Crippen MR) is 105 cm³/mol. The number of rotatable bonds is 7. The Bertz CT molecular complexity index is 938. The summed E-state index contributed by atoms with van der Waals surface area (Å²) >= 11 is 0. The molecule has 0 aliphatic heterocycles. The van der Waals surface area contributed by atoms with Gasteiger partial charge in [-0.05, 0) is 69.2 Å². The molecule has 27 heavy (non-hydrogen) atoms. The second-order valence-electron chi connectivity index (χ2n) is 6.98. The maximum atomic E-state index is 12.6. The summed E-state index contributed by atoms with van der Waals surface area (Å²) in [5.74, 6) is 2.18. The molecule has 4 rings (SSSR count). The van der Waals surface area contributed by atoms with Crippen LogP contribution in [-0.4, -0.2) is 17.0 Å². The van der Waals surface area contributed by atoms with Gasteiger partial charge in [0.1, 0.15) is 17.2 Å². The summed E-state index contributed by atoms with van der Waals surface area (Å²) in [6.07, 6.45) is 2.41. The van der Waals surface area contributed by atoms with Crippen molar-refractivity contribution >= 4 is 5.78 Å². The van der Waals surface area contributed by atoms with E-state index in [1.807, 2.05) is 67.6 Å². The number of carbonyl (C=O) groups excluding carboxylic acids is 1. The van der Waals surface area contributed by atoms with Crippen LogP contribution in [0.1, 0.15) is 40.6 Å². The monoisotopic (exact) mass is 361 g/mol. The van der Waals surface area contributed by atoms with Crippen molar-refractivity contribution in [3.05, 3.63) is 77.6 Å². The molecule has 0 bridgehead atoms. The summed E-state index contributed by atoms with van der Waals surface area (Å²) in [5, 5.41) is 0. The zero-order chi connectivity index (χ0) is 18.8. The highest BCUT2D eigenvalue weighted by Crippen LogP contribution is 2.38. The smallest absolute Gasteiger partial charge is 0.202 e. The lowest BCUT2D eigenvalue weighted by Gasteiger charge is -2.09. The zero-order valence-corrected chi connectivity index (χ0v) is 15.6. The Labute approximate surface area is 159 Å². The predicted octanol–water partition coefficient (Wildman–Crippen LogP) is 5.49. The van der Waals surface area contributed by atoms with Gasteiger partial charge in [0.15, 0.2) is 6.61 Å². The van der Waals surface area contributed by atoms with Gasteiger partial charge in [-0.25, -0.2) is 0 Å². The van der Waals surface area contributed by atoms with E-state index in [0.717, 1.165) is 28.5 Å². The van der Waals surface area contributed by atoms with Gasteiger partial charge in [0.2, 0.25) is 5.78 Å². The van der Waals surface area contributed by atoms with E-state index in [0.29, 0.717) is 11.8 Å². The summed E-state index contributed by atoms with van der Waals surface area (Å²) < 4.78 is 13.7. The third-order valence-electron chi connectivity index (χ3n) is 4.87. The number of carbonyl (C=O) groups is 1. The Balaban J connectivity index is 1.37. The summed E-state index contributed by atoms with van der Waals surface area (Å²) in [6, 6.07) is 19.5. The summed E-state index contributed by atoms with van der Waals surface area (Å²) in [7, 11) is 0. The number of hydrogen-bond donors (Lipinski definition) is 0. The number of aromatic nitrogens is 1. The number of ether oxygens (including phenoxy) is 2. The molecule has 1 aromatic heterocycles. The standard InChI is InChI=1S/C23H23NO3/c1-16-14-22(17(2)24(16)18-8-9-18)23(25)15-26-19-10-12-21(13-11-19)27-20-6-4-3-5-7-20/h3-7,10-14,18H,8-9,15H2,1-2H3. The maximum Gasteiger partial charge on any atom is 0.202 e. The van der Waals surface area contributed by atoms with Gasteiger partial charge in [0.05, 0.1) is 0 Å². The number of aryl methyl sites for hydroxylation is 1. The highest BCUT2D eigenvalue weighted by Gasteiger charge is 2.28. The van der Waals surface area contributed by atoms with Crippen molar-refractivity contribution in [2.45, 2.75) is 32.7 Å². The molecule has 4 nitrogen and oxygen atoms in total. The molecule has 1 fully saturated rings. The fourth-order valence-electron chi connectivity index (χ4n) is 3.41. The van der Waals surface area contributed by atoms with Gasteiger partial charge < -0.3 is 14.0 Å². The minimum Gasteiger partial charge on any atom is -0.485 e. The lowest BCUT2D eigenvalue weighted by atomic mass is 10.1. The Morgan fingerprint density at radius 3 is 2.26 bits per heavy atom. The molecule has 1 heterocycles. The highest BCUT2D eigenvalue weighted by atomic mass is 16.5. The Hall–Kier alpha value is -3.01. The fraction of sp³-hybridized carbons (Fsp3) is 0.261. The molecule has 0 N–H and O–H groups in total. The van der Waals surface area contributed by atoms with E-state index in [-0.39, 0.29) is 12.4 Å². The lowest BCUT2D eigenvalue weighted by Crippen LogP contribution is -2.12. The van der Waals surface area contributed by atoms with Gasteiger partial charge in [-0.15, -0.1) is 0 Å². The van der Waals surface area contributed by atoms with Crippen molar-refractivity contribution in [1.29, 1.82) is 0 Å². The van der Waals surface area contributed by atoms with Crippen LogP contribution in [0.2, 0.25) is 0 Å². The van der Waals surface area contributed by atoms with E-state index < -0.39 is 0 Å². The SMILES string of the molecule is Cc1cc(C(=O)COc2ccc(Oc3ccccc3)cc2)c(C)n1C1CC1. The Morgan fingerprint density at radius 2 is 1.59 bits per heavy atom. The van der Waals surface area contributed by atoms with E-state index >= 15 is 0 Å². The van der Waals surface area contributed by atoms with E-state index in [1.165, 1.54) is 12.8 Å². The van der Waals surface area contributed by atoms with Gasteiger partial charge in [0.25, 0.3) is 0 Å². The third kappa shape index (κ3) is 3.90. The minimum absolute atomic E-state index is 0.0135. The molecular weight excluding hydrogens is 338 g/mol. The Morgan fingerprint density at radius 1 is 0.963 bits per heavy atom. The van der Waals surface area contributed by atoms with Crippen molar-refractivity contribution in [3.63, 3.8) is 0 Å². The van der Waals surface area contributed by atoms with Crippen LogP contribution in [0.4, 0.5) is 0 Å². The van der Waals surface area contributed by atoms with Crippen LogP contribution in [-0.2, 0) is 0 Å². The molecule has 1 aliphatic rings. The van der Waals surface area contributed by atoms with Crippen molar-refractivity contribution in [2.75, 3.05) is 6.61 Å². The quantitative estimate of drug-likeness (QED) is 0.522. The molecule has 2 aromatic carbocycles. The number of nitrogens with zero attached hydrogens (tertiary/aromatic N) is 1. The van der Waals surface area contributed by atoms with E-state index in [1.54, 1.807) is 0 Å². The third-order valence-corrected chi connectivity index (χ3v) is 4.87. The molecule has 138 valence electrons. The first-order chi connectivity index (χ1) is 13.1. The molecule has 0 saturated heterocycles. The highest BCUT2D eigenvalue weighted by molar-refractivity contribution is 5.98. The summed E-state index contributed by atoms with van der Waals surface area (Å²) in [5.41, 5.74) is 2.97. The molecule has 0 spiro atoms. The average molecular weight is 361 g/mol. The molecule has 0 unspecified atom stereocenters. The minimum atomic E-state index is 0.0135. The normalized spacial score (nSPS) is 13.4. The van der Waals surface area contributed by atoms with Crippen molar-refractivity contribution < 1.29 is 14.3 Å². The molecule has 3 aromatic rings. The maximum absolute atomic E-state index is 12.6. The largest absolute Gasteiger partial charge is 0.485 e. The summed E-state index contributed by atoms with van der Waals surface area (Å²) in [6.45, 7) is 4.12. The number of para-hydroxylation sites is 1. The molecule has 1 aliphatic carbocycles. The van der Waals surface area contributed by atoms with Gasteiger partial charge in [-0.1, -0.05) is 18.2 Å². The van der Waals surface area contributed by atoms with Gasteiger partial charge in [0, 0.05) is 23.0 Å². The van der Waals surface area contributed by atoms with Crippen LogP contribution >= 0.6 is 0 Å². The fourth-order valence-corrected chi connectivity index (χ4v) is 3.41. The molecule has 0 amide bonds. The second-order valence-corrected chi connectivity index (χ2v) is 6.98. The molecule has 0 radical (unpaired) electrons. The van der Waals surface area contributed by atoms with Gasteiger partial charge in [-0.3, -0.25) is 4.79 Å². The first-order valence-electron chi connectivity index (χ1n) is 9.29.